The molecule has 0 aliphatic heterocycles. The molecule has 0 radical (unpaired) electrons. The highest BCUT2D eigenvalue weighted by atomic mass is 79.9. The first-order valence-electron chi connectivity index (χ1n) is 5.40. The summed E-state index contributed by atoms with van der Waals surface area (Å²) >= 11 is 3.36. The number of aryl methyl sites for hydroxylation is 1. The maximum atomic E-state index is 11.7. The summed E-state index contributed by atoms with van der Waals surface area (Å²) in [7, 11) is 1.63. The van der Waals surface area contributed by atoms with E-state index < -0.39 is 0 Å². The van der Waals surface area contributed by atoms with Crippen molar-refractivity contribution < 1.29 is 4.79 Å². The molecule has 19 heavy (non-hydrogen) atoms. The van der Waals surface area contributed by atoms with E-state index in [1.807, 2.05) is 0 Å². The summed E-state index contributed by atoms with van der Waals surface area (Å²) in [5.74, 6) is 4.69. The van der Waals surface area contributed by atoms with Gasteiger partial charge in [-0.25, -0.2) is 15.3 Å². The van der Waals surface area contributed by atoms with Gasteiger partial charge in [-0.1, -0.05) is 22.0 Å². The molecule has 0 aliphatic carbocycles. The lowest BCUT2D eigenvalue weighted by Crippen LogP contribution is -2.30. The Labute approximate surface area is 117 Å². The Balaban J connectivity index is 2.29. The van der Waals surface area contributed by atoms with E-state index in [0.29, 0.717) is 16.6 Å². The van der Waals surface area contributed by atoms with Crippen LogP contribution >= 0.6 is 15.9 Å². The fourth-order valence-electron chi connectivity index (χ4n) is 1.59. The highest BCUT2D eigenvalue weighted by Gasteiger charge is 2.09. The van der Waals surface area contributed by atoms with Gasteiger partial charge in [0.15, 0.2) is 0 Å². The monoisotopic (exact) mass is 325 g/mol. The van der Waals surface area contributed by atoms with Crippen LogP contribution in [0.25, 0.3) is 0 Å². The first-order chi connectivity index (χ1) is 9.02. The number of carbonyl (C=O) groups excluding carboxylic acids is 1. The predicted octanol–water partition coefficient (Wildman–Crippen LogP) is -0.00390. The third-order valence-electron chi connectivity index (χ3n) is 2.65. The zero-order valence-electron chi connectivity index (χ0n) is 10.1. The molecule has 0 atom stereocenters. The maximum absolute atomic E-state index is 11.7. The van der Waals surface area contributed by atoms with Crippen LogP contribution in [0.1, 0.15) is 15.9 Å². The Morgan fingerprint density at radius 3 is 2.79 bits per heavy atom. The molecule has 2 rings (SSSR count). The molecule has 1 aromatic carbocycles. The Hall–Kier alpha value is -1.93. The van der Waals surface area contributed by atoms with Crippen molar-refractivity contribution in [2.45, 2.75) is 6.54 Å². The average Bonchev–Trinajstić information content (AvgIpc) is 2.72. The van der Waals surface area contributed by atoms with Crippen LogP contribution in [0.2, 0.25) is 0 Å². The van der Waals surface area contributed by atoms with E-state index in [2.05, 4.69) is 26.5 Å². The van der Waals surface area contributed by atoms with Crippen LogP contribution in [0.5, 0.6) is 0 Å². The van der Waals surface area contributed by atoms with Crippen LogP contribution in [0.3, 0.4) is 0 Å². The molecule has 0 saturated heterocycles. The minimum atomic E-state index is -0.373. The SMILES string of the molecule is Cn1cnn(Cc2ccc(C(=O)NN)cc2Br)c1=O. The standard InChI is InChI=1S/C11H12BrN5O2/c1-16-6-14-17(11(16)19)5-8-3-2-7(4-9(8)12)10(18)15-13/h2-4,6H,5,13H2,1H3,(H,15,18). The van der Waals surface area contributed by atoms with Crippen LogP contribution in [0.4, 0.5) is 0 Å². The smallest absolute Gasteiger partial charge is 0.290 e. The number of benzene rings is 1. The minimum Gasteiger partial charge on any atom is -0.290 e. The number of nitrogens with one attached hydrogen (secondary N) is 1. The third-order valence-corrected chi connectivity index (χ3v) is 3.39. The van der Waals surface area contributed by atoms with E-state index in [0.717, 1.165) is 5.56 Å². The fourth-order valence-corrected chi connectivity index (χ4v) is 2.09. The van der Waals surface area contributed by atoms with Crippen molar-refractivity contribution in [2.24, 2.45) is 12.9 Å². The summed E-state index contributed by atoms with van der Waals surface area (Å²) in [6.45, 7) is 0.324. The van der Waals surface area contributed by atoms with E-state index in [-0.39, 0.29) is 11.6 Å². The summed E-state index contributed by atoms with van der Waals surface area (Å²) in [6.07, 6.45) is 1.45. The van der Waals surface area contributed by atoms with E-state index in [9.17, 15) is 9.59 Å². The topological polar surface area (TPSA) is 94.9 Å². The number of aromatic nitrogens is 3. The van der Waals surface area contributed by atoms with Crippen molar-refractivity contribution in [3.63, 3.8) is 0 Å². The zero-order chi connectivity index (χ0) is 14.0. The van der Waals surface area contributed by atoms with Crippen molar-refractivity contribution in [2.75, 3.05) is 0 Å². The van der Waals surface area contributed by atoms with Gasteiger partial charge in [0, 0.05) is 17.1 Å². The average molecular weight is 326 g/mol. The zero-order valence-corrected chi connectivity index (χ0v) is 11.7. The second-order valence-corrected chi connectivity index (χ2v) is 4.82. The maximum Gasteiger partial charge on any atom is 0.345 e. The molecule has 0 fully saturated rings. The van der Waals surface area contributed by atoms with Crippen LogP contribution < -0.4 is 17.0 Å². The van der Waals surface area contributed by atoms with E-state index in [1.54, 1.807) is 25.2 Å². The molecule has 7 nitrogen and oxygen atoms in total. The van der Waals surface area contributed by atoms with Crippen molar-refractivity contribution in [3.05, 3.63) is 50.6 Å². The summed E-state index contributed by atoms with van der Waals surface area (Å²) in [5.41, 5.74) is 3.14. The van der Waals surface area contributed by atoms with Gasteiger partial charge in [0.25, 0.3) is 5.91 Å². The molecule has 100 valence electrons. The molecule has 1 heterocycles. The van der Waals surface area contributed by atoms with Crippen LogP contribution in [-0.4, -0.2) is 20.3 Å². The lowest BCUT2D eigenvalue weighted by molar-refractivity contribution is 0.0953. The van der Waals surface area contributed by atoms with Crippen LogP contribution in [0, 0.1) is 0 Å². The first kappa shape index (κ1) is 13.5. The second kappa shape index (κ2) is 5.37. The molecule has 2 aromatic rings. The summed E-state index contributed by atoms with van der Waals surface area (Å²) < 4.78 is 3.44. The Morgan fingerprint density at radius 2 is 2.26 bits per heavy atom. The molecule has 1 aromatic heterocycles. The second-order valence-electron chi connectivity index (χ2n) is 3.96. The van der Waals surface area contributed by atoms with Gasteiger partial charge in [0.05, 0.1) is 6.54 Å². The lowest BCUT2D eigenvalue weighted by atomic mass is 10.1. The molecule has 0 aliphatic rings. The summed E-state index contributed by atoms with van der Waals surface area (Å²) in [6, 6.07) is 5.03. The minimum absolute atomic E-state index is 0.198. The number of hydrazine groups is 1. The van der Waals surface area contributed by atoms with Crippen molar-refractivity contribution >= 4 is 21.8 Å². The normalized spacial score (nSPS) is 10.5. The van der Waals surface area contributed by atoms with Crippen molar-refractivity contribution in [1.82, 2.24) is 19.8 Å². The van der Waals surface area contributed by atoms with Crippen LogP contribution in [0.15, 0.2) is 33.8 Å². The van der Waals surface area contributed by atoms with Gasteiger partial charge in [-0.2, -0.15) is 5.10 Å². The fraction of sp³-hybridized carbons (Fsp3) is 0.182. The molecule has 0 unspecified atom stereocenters. The molecular formula is C11H12BrN5O2. The van der Waals surface area contributed by atoms with Gasteiger partial charge >= 0.3 is 5.69 Å². The predicted molar refractivity (Wildman–Crippen MR) is 72.4 cm³/mol. The summed E-state index contributed by atoms with van der Waals surface area (Å²) in [5, 5.41) is 3.97. The molecule has 0 bridgehead atoms. The molecular weight excluding hydrogens is 314 g/mol. The Kier molecular flexibility index (Phi) is 3.82. The number of hydrogen-bond donors (Lipinski definition) is 2. The number of rotatable bonds is 3. The molecule has 1 amide bonds. The molecule has 0 saturated carbocycles. The quantitative estimate of drug-likeness (QED) is 0.471. The Morgan fingerprint density at radius 1 is 1.53 bits per heavy atom. The van der Waals surface area contributed by atoms with Gasteiger partial charge in [0.2, 0.25) is 0 Å². The molecule has 0 spiro atoms. The molecule has 3 N–H and O–H groups in total. The van der Waals surface area contributed by atoms with Gasteiger partial charge in [-0.05, 0) is 17.7 Å². The number of nitrogens with zero attached hydrogens (tertiary/aromatic N) is 3. The van der Waals surface area contributed by atoms with Crippen molar-refractivity contribution in [1.29, 1.82) is 0 Å². The van der Waals surface area contributed by atoms with Gasteiger partial charge < -0.3 is 0 Å². The van der Waals surface area contributed by atoms with E-state index >= 15 is 0 Å². The number of hydrogen-bond acceptors (Lipinski definition) is 4. The number of nitrogen functional groups attached to an aromatic ring is 1. The van der Waals surface area contributed by atoms with E-state index in [4.69, 9.17) is 5.84 Å². The number of nitrogens with two attached hydrogens (primary N) is 1. The van der Waals surface area contributed by atoms with Crippen molar-refractivity contribution in [3.8, 4) is 0 Å². The van der Waals surface area contributed by atoms with Gasteiger partial charge in [0.1, 0.15) is 6.33 Å². The summed E-state index contributed by atoms with van der Waals surface area (Å²) in [4.78, 5) is 23.0. The largest absolute Gasteiger partial charge is 0.345 e. The lowest BCUT2D eigenvalue weighted by Gasteiger charge is -2.06. The van der Waals surface area contributed by atoms with E-state index in [1.165, 1.54) is 15.6 Å². The first-order valence-corrected chi connectivity index (χ1v) is 6.20. The Bertz CT molecular complexity index is 676. The van der Waals surface area contributed by atoms with Gasteiger partial charge in [-0.3, -0.25) is 14.8 Å². The highest BCUT2D eigenvalue weighted by Crippen LogP contribution is 2.19. The third kappa shape index (κ3) is 2.74. The number of carbonyl (C=O) groups is 1. The molecule has 8 heteroatoms. The number of halogens is 1. The number of amides is 1. The van der Waals surface area contributed by atoms with Crippen LogP contribution in [-0.2, 0) is 13.6 Å². The van der Waals surface area contributed by atoms with Gasteiger partial charge in [-0.15, -0.1) is 0 Å². The highest BCUT2D eigenvalue weighted by molar-refractivity contribution is 9.10.